The highest BCUT2D eigenvalue weighted by Crippen LogP contribution is 2.31. The van der Waals surface area contributed by atoms with Gasteiger partial charge in [0.1, 0.15) is 16.5 Å². The van der Waals surface area contributed by atoms with Crippen LogP contribution in [0, 0.1) is 5.41 Å². The first kappa shape index (κ1) is 16.9. The van der Waals surface area contributed by atoms with Crippen LogP contribution in [-0.2, 0) is 0 Å². The first-order valence-corrected chi connectivity index (χ1v) is 9.11. The fourth-order valence-electron chi connectivity index (χ4n) is 2.89. The summed E-state index contributed by atoms with van der Waals surface area (Å²) in [6.07, 6.45) is 0.950. The zero-order chi connectivity index (χ0) is 17.2. The molecule has 0 bridgehead atoms. The van der Waals surface area contributed by atoms with Crippen LogP contribution in [0.3, 0.4) is 0 Å². The van der Waals surface area contributed by atoms with E-state index in [0.717, 1.165) is 29.3 Å². The summed E-state index contributed by atoms with van der Waals surface area (Å²) in [7, 11) is 0. The van der Waals surface area contributed by atoms with Crippen LogP contribution in [-0.4, -0.2) is 42.0 Å². The lowest BCUT2D eigenvalue weighted by Gasteiger charge is -2.22. The van der Waals surface area contributed by atoms with Crippen molar-refractivity contribution < 1.29 is 9.53 Å². The molecule has 1 aromatic carbocycles. The molecular formula is C18H23N3O2S. The SMILES string of the molecule is CCOc1ccc(-c2nc(C(=O)N3CCC(C)(CN)C3)cs2)cc1. The minimum atomic E-state index is 0.000566. The second-order valence-electron chi connectivity index (χ2n) is 6.49. The number of likely N-dealkylation sites (tertiary alicyclic amines) is 1. The van der Waals surface area contributed by atoms with Crippen molar-refractivity contribution in [1.82, 2.24) is 9.88 Å². The molecule has 128 valence electrons. The number of carbonyl (C=O) groups is 1. The summed E-state index contributed by atoms with van der Waals surface area (Å²) >= 11 is 1.49. The maximum atomic E-state index is 12.6. The van der Waals surface area contributed by atoms with E-state index >= 15 is 0 Å². The van der Waals surface area contributed by atoms with Crippen molar-refractivity contribution in [2.45, 2.75) is 20.3 Å². The highest BCUT2D eigenvalue weighted by Gasteiger charge is 2.35. The van der Waals surface area contributed by atoms with Crippen LogP contribution in [0.2, 0.25) is 0 Å². The number of nitrogens with two attached hydrogens (primary N) is 1. The van der Waals surface area contributed by atoms with Crippen molar-refractivity contribution in [1.29, 1.82) is 0 Å². The van der Waals surface area contributed by atoms with Gasteiger partial charge in [-0.1, -0.05) is 6.92 Å². The number of aromatic nitrogens is 1. The molecule has 6 heteroatoms. The molecule has 1 aliphatic rings. The Morgan fingerprint density at radius 3 is 2.79 bits per heavy atom. The Labute approximate surface area is 146 Å². The molecule has 1 atom stereocenters. The van der Waals surface area contributed by atoms with Gasteiger partial charge in [0.15, 0.2) is 0 Å². The van der Waals surface area contributed by atoms with Crippen molar-refractivity contribution in [3.05, 3.63) is 35.3 Å². The third-order valence-corrected chi connectivity index (χ3v) is 5.36. The lowest BCUT2D eigenvalue weighted by atomic mass is 9.90. The first-order chi connectivity index (χ1) is 11.5. The van der Waals surface area contributed by atoms with E-state index in [4.69, 9.17) is 10.5 Å². The Kier molecular flexibility index (Phi) is 4.87. The van der Waals surface area contributed by atoms with Crippen molar-refractivity contribution in [2.24, 2.45) is 11.1 Å². The third-order valence-electron chi connectivity index (χ3n) is 4.47. The molecule has 1 saturated heterocycles. The maximum absolute atomic E-state index is 12.6. The minimum Gasteiger partial charge on any atom is -0.494 e. The summed E-state index contributed by atoms with van der Waals surface area (Å²) < 4.78 is 5.45. The molecule has 0 aliphatic carbocycles. The van der Waals surface area contributed by atoms with E-state index in [9.17, 15) is 4.79 Å². The molecule has 0 spiro atoms. The molecule has 3 rings (SSSR count). The Morgan fingerprint density at radius 1 is 1.42 bits per heavy atom. The molecule has 5 nitrogen and oxygen atoms in total. The highest BCUT2D eigenvalue weighted by atomic mass is 32.1. The summed E-state index contributed by atoms with van der Waals surface area (Å²) in [5.74, 6) is 0.841. The van der Waals surface area contributed by atoms with Crippen LogP contribution in [0.25, 0.3) is 10.6 Å². The number of carbonyl (C=O) groups excluding carboxylic acids is 1. The number of benzene rings is 1. The molecule has 1 aliphatic heterocycles. The van der Waals surface area contributed by atoms with E-state index in [0.29, 0.717) is 25.4 Å². The molecule has 1 aromatic heterocycles. The van der Waals surface area contributed by atoms with E-state index in [2.05, 4.69) is 11.9 Å². The summed E-state index contributed by atoms with van der Waals surface area (Å²) in [6.45, 7) is 6.80. The molecular weight excluding hydrogens is 322 g/mol. The second-order valence-corrected chi connectivity index (χ2v) is 7.34. The Bertz CT molecular complexity index is 713. The topological polar surface area (TPSA) is 68.5 Å². The zero-order valence-corrected chi connectivity index (χ0v) is 14.9. The summed E-state index contributed by atoms with van der Waals surface area (Å²) in [5, 5.41) is 2.69. The maximum Gasteiger partial charge on any atom is 0.273 e. The van der Waals surface area contributed by atoms with E-state index in [1.54, 1.807) is 0 Å². The summed E-state index contributed by atoms with van der Waals surface area (Å²) in [4.78, 5) is 19.0. The van der Waals surface area contributed by atoms with Gasteiger partial charge in [-0.15, -0.1) is 11.3 Å². The first-order valence-electron chi connectivity index (χ1n) is 8.23. The van der Waals surface area contributed by atoms with Gasteiger partial charge in [0.25, 0.3) is 5.91 Å². The Hall–Kier alpha value is -1.92. The van der Waals surface area contributed by atoms with Gasteiger partial charge in [0.05, 0.1) is 6.61 Å². The molecule has 1 unspecified atom stereocenters. The molecule has 24 heavy (non-hydrogen) atoms. The van der Waals surface area contributed by atoms with Gasteiger partial charge in [-0.05, 0) is 49.6 Å². The van der Waals surface area contributed by atoms with E-state index in [1.165, 1.54) is 11.3 Å². The van der Waals surface area contributed by atoms with Gasteiger partial charge in [0, 0.05) is 24.0 Å². The number of rotatable bonds is 5. The number of hydrogen-bond acceptors (Lipinski definition) is 5. The standard InChI is InChI=1S/C18H23N3O2S/c1-3-23-14-6-4-13(5-7-14)16-20-15(10-24-16)17(22)21-9-8-18(2,11-19)12-21/h4-7,10H,3,8-9,11-12,19H2,1-2H3. The quantitative estimate of drug-likeness (QED) is 0.904. The van der Waals surface area contributed by atoms with Crippen LogP contribution in [0.15, 0.2) is 29.6 Å². The predicted octanol–water partition coefficient (Wildman–Crippen LogP) is 3.02. The second kappa shape index (κ2) is 6.91. The Balaban J connectivity index is 1.72. The van der Waals surface area contributed by atoms with Gasteiger partial charge < -0.3 is 15.4 Å². The zero-order valence-electron chi connectivity index (χ0n) is 14.1. The summed E-state index contributed by atoms with van der Waals surface area (Å²) in [5.41, 5.74) is 7.37. The molecule has 2 heterocycles. The smallest absolute Gasteiger partial charge is 0.273 e. The number of hydrogen-bond donors (Lipinski definition) is 1. The van der Waals surface area contributed by atoms with Crippen LogP contribution in [0.4, 0.5) is 0 Å². The normalized spacial score (nSPS) is 20.4. The fraction of sp³-hybridized carbons (Fsp3) is 0.444. The van der Waals surface area contributed by atoms with Crippen molar-refractivity contribution >= 4 is 17.2 Å². The van der Waals surface area contributed by atoms with Crippen LogP contribution in [0.1, 0.15) is 30.8 Å². The predicted molar refractivity (Wildman–Crippen MR) is 96.4 cm³/mol. The Morgan fingerprint density at radius 2 is 2.17 bits per heavy atom. The van der Waals surface area contributed by atoms with Crippen LogP contribution < -0.4 is 10.5 Å². The van der Waals surface area contributed by atoms with Gasteiger partial charge in [-0.2, -0.15) is 0 Å². The van der Waals surface area contributed by atoms with Gasteiger partial charge in [0.2, 0.25) is 0 Å². The van der Waals surface area contributed by atoms with Crippen molar-refractivity contribution in [2.75, 3.05) is 26.2 Å². The minimum absolute atomic E-state index is 0.000566. The molecule has 1 fully saturated rings. The highest BCUT2D eigenvalue weighted by molar-refractivity contribution is 7.13. The lowest BCUT2D eigenvalue weighted by molar-refractivity contribution is 0.0772. The number of amides is 1. The molecule has 2 N–H and O–H groups in total. The van der Waals surface area contributed by atoms with E-state index in [-0.39, 0.29) is 11.3 Å². The largest absolute Gasteiger partial charge is 0.494 e. The lowest BCUT2D eigenvalue weighted by Crippen LogP contribution is -2.34. The van der Waals surface area contributed by atoms with Crippen LogP contribution >= 0.6 is 11.3 Å². The van der Waals surface area contributed by atoms with Gasteiger partial charge >= 0.3 is 0 Å². The molecule has 1 amide bonds. The summed E-state index contributed by atoms with van der Waals surface area (Å²) in [6, 6.07) is 7.79. The van der Waals surface area contributed by atoms with Crippen molar-refractivity contribution in [3.8, 4) is 16.3 Å². The fourth-order valence-corrected chi connectivity index (χ4v) is 3.69. The number of ether oxygens (including phenoxy) is 1. The monoisotopic (exact) mass is 345 g/mol. The molecule has 0 saturated carbocycles. The molecule has 0 radical (unpaired) electrons. The van der Waals surface area contributed by atoms with Gasteiger partial charge in [-0.25, -0.2) is 4.98 Å². The number of nitrogens with zero attached hydrogens (tertiary/aromatic N) is 2. The van der Waals surface area contributed by atoms with E-state index < -0.39 is 0 Å². The average molecular weight is 345 g/mol. The molecule has 2 aromatic rings. The van der Waals surface area contributed by atoms with E-state index in [1.807, 2.05) is 41.5 Å². The average Bonchev–Trinajstić information content (AvgIpc) is 3.23. The van der Waals surface area contributed by atoms with Gasteiger partial charge in [-0.3, -0.25) is 4.79 Å². The van der Waals surface area contributed by atoms with Crippen molar-refractivity contribution in [3.63, 3.8) is 0 Å². The third kappa shape index (κ3) is 3.44. The van der Waals surface area contributed by atoms with Crippen LogP contribution in [0.5, 0.6) is 5.75 Å². The number of thiazole rings is 1.